The Balaban J connectivity index is 1.50. The number of nitrogens with zero attached hydrogens (tertiary/aromatic N) is 3. The number of benzene rings is 2. The minimum atomic E-state index is -4.08. The number of sulfonamides is 1. The highest BCUT2D eigenvalue weighted by molar-refractivity contribution is 7.92. The third kappa shape index (κ3) is 6.51. The highest BCUT2D eigenvalue weighted by atomic mass is 35.5. The summed E-state index contributed by atoms with van der Waals surface area (Å²) in [5.41, 5.74) is 2.37. The largest absolute Gasteiger partial charge is 0.374 e. The molecule has 0 radical (unpaired) electrons. The summed E-state index contributed by atoms with van der Waals surface area (Å²) in [6, 6.07) is 12.6. The molecule has 2 heterocycles. The summed E-state index contributed by atoms with van der Waals surface area (Å²) in [6.07, 6.45) is 6.40. The van der Waals surface area contributed by atoms with Crippen molar-refractivity contribution in [1.82, 2.24) is 10.1 Å². The van der Waals surface area contributed by atoms with Gasteiger partial charge in [-0.3, -0.25) is 19.4 Å². The molecule has 11 heteroatoms. The molecule has 1 spiro atoms. The first-order valence-electron chi connectivity index (χ1n) is 14.9. The molecule has 43 heavy (non-hydrogen) atoms. The summed E-state index contributed by atoms with van der Waals surface area (Å²) in [4.78, 5) is 20.7. The molecule has 2 aliphatic rings. The van der Waals surface area contributed by atoms with Crippen molar-refractivity contribution in [3.8, 4) is 11.1 Å². The summed E-state index contributed by atoms with van der Waals surface area (Å²) >= 11 is 6.19. The number of anilines is 1. The standard InChI is InChI=1S/C32H39ClN4O5S/c1-5-6-13-28-34-32(16-9-10-17-32)31(38)37(28)19-23-14-15-25(24(18-23)20-41-21(2)3)26-11-7-8-12-27(26)43(39,40)36-30-29(33)22(4)42-35-30/h7-8,11-12,14-15,18,21H,5-6,9-10,13,16-17,19-20H2,1-4H3,(H,35,36). The van der Waals surface area contributed by atoms with E-state index in [0.717, 1.165) is 61.9 Å². The van der Waals surface area contributed by atoms with Crippen LogP contribution in [0.5, 0.6) is 0 Å². The number of aliphatic imine (C=N–C) groups is 1. The normalized spacial score (nSPS) is 16.5. The number of unbranched alkanes of at least 4 members (excludes halogenated alkanes) is 1. The van der Waals surface area contributed by atoms with Crippen LogP contribution in [0.15, 0.2) is 56.9 Å². The topological polar surface area (TPSA) is 114 Å². The van der Waals surface area contributed by atoms with E-state index >= 15 is 0 Å². The Kier molecular flexibility index (Phi) is 9.29. The predicted molar refractivity (Wildman–Crippen MR) is 168 cm³/mol. The quantitative estimate of drug-likeness (QED) is 0.226. The van der Waals surface area contributed by atoms with Crippen LogP contribution >= 0.6 is 11.6 Å². The van der Waals surface area contributed by atoms with E-state index in [2.05, 4.69) is 16.8 Å². The first-order valence-corrected chi connectivity index (χ1v) is 16.8. The van der Waals surface area contributed by atoms with Crippen molar-refractivity contribution in [2.75, 3.05) is 4.72 Å². The van der Waals surface area contributed by atoms with Gasteiger partial charge in [-0.1, -0.05) is 79.3 Å². The monoisotopic (exact) mass is 626 g/mol. The average Bonchev–Trinajstić information content (AvgIpc) is 3.66. The second-order valence-corrected chi connectivity index (χ2v) is 13.6. The smallest absolute Gasteiger partial charge is 0.263 e. The lowest BCUT2D eigenvalue weighted by molar-refractivity contribution is -0.131. The van der Waals surface area contributed by atoms with E-state index in [9.17, 15) is 13.2 Å². The minimum absolute atomic E-state index is 0.0372. The zero-order valence-electron chi connectivity index (χ0n) is 25.2. The number of halogens is 1. The third-order valence-corrected chi connectivity index (χ3v) is 9.90. The number of aromatic nitrogens is 1. The lowest BCUT2D eigenvalue weighted by Gasteiger charge is -2.23. The van der Waals surface area contributed by atoms with Crippen molar-refractivity contribution < 1.29 is 22.5 Å². The second kappa shape index (κ2) is 12.8. The lowest BCUT2D eigenvalue weighted by atomic mass is 9.96. The zero-order valence-corrected chi connectivity index (χ0v) is 26.7. The van der Waals surface area contributed by atoms with Crippen molar-refractivity contribution in [2.24, 2.45) is 4.99 Å². The van der Waals surface area contributed by atoms with Crippen molar-refractivity contribution in [3.63, 3.8) is 0 Å². The van der Waals surface area contributed by atoms with Gasteiger partial charge in [0.05, 0.1) is 24.2 Å². The first kappa shape index (κ1) is 31.2. The van der Waals surface area contributed by atoms with Crippen molar-refractivity contribution >= 4 is 39.2 Å². The van der Waals surface area contributed by atoms with Crippen LogP contribution in [0.4, 0.5) is 5.82 Å². The SMILES string of the molecule is CCCCC1=NC2(CCCC2)C(=O)N1Cc1ccc(-c2ccccc2S(=O)(=O)Nc2noc(C)c2Cl)c(COC(C)C)c1. The molecule has 0 atom stereocenters. The van der Waals surface area contributed by atoms with Gasteiger partial charge in [-0.25, -0.2) is 8.42 Å². The zero-order chi connectivity index (χ0) is 30.8. The molecule has 0 unspecified atom stereocenters. The fraction of sp³-hybridized carbons (Fsp3) is 0.469. The fourth-order valence-corrected chi connectivity index (χ4v) is 7.20. The number of amides is 1. The summed E-state index contributed by atoms with van der Waals surface area (Å²) in [6.45, 7) is 8.33. The van der Waals surface area contributed by atoms with E-state index < -0.39 is 15.6 Å². The Hall–Kier alpha value is -3.21. The maximum atomic E-state index is 13.7. The summed E-state index contributed by atoms with van der Waals surface area (Å²) in [5.74, 6) is 1.23. The van der Waals surface area contributed by atoms with Crippen LogP contribution in [-0.2, 0) is 32.7 Å². The lowest BCUT2D eigenvalue weighted by Crippen LogP contribution is -2.40. The van der Waals surface area contributed by atoms with Gasteiger partial charge in [-0.15, -0.1) is 0 Å². The van der Waals surface area contributed by atoms with Gasteiger partial charge < -0.3 is 9.26 Å². The number of ether oxygens (including phenoxy) is 1. The Morgan fingerprint density at radius 2 is 1.88 bits per heavy atom. The molecule has 230 valence electrons. The van der Waals surface area contributed by atoms with Crippen LogP contribution in [0, 0.1) is 6.92 Å². The molecule has 0 bridgehead atoms. The maximum Gasteiger partial charge on any atom is 0.263 e. The van der Waals surface area contributed by atoms with Gasteiger partial charge >= 0.3 is 0 Å². The van der Waals surface area contributed by atoms with E-state index in [0.29, 0.717) is 23.4 Å². The molecular formula is C32H39ClN4O5S. The number of hydrogen-bond acceptors (Lipinski definition) is 7. The van der Waals surface area contributed by atoms with Crippen LogP contribution in [-0.4, -0.2) is 41.9 Å². The summed E-state index contributed by atoms with van der Waals surface area (Å²) in [5, 5.41) is 3.86. The average molecular weight is 627 g/mol. The van der Waals surface area contributed by atoms with E-state index in [1.54, 1.807) is 31.2 Å². The molecule has 1 amide bonds. The third-order valence-electron chi connectivity index (χ3n) is 8.05. The number of carbonyl (C=O) groups is 1. The highest BCUT2D eigenvalue weighted by Crippen LogP contribution is 2.40. The fourth-order valence-electron chi connectivity index (χ4n) is 5.79. The molecule has 1 fully saturated rings. The number of rotatable bonds is 12. The van der Waals surface area contributed by atoms with Gasteiger partial charge in [-0.2, -0.15) is 0 Å². The predicted octanol–water partition coefficient (Wildman–Crippen LogP) is 7.27. The number of hydrogen-bond donors (Lipinski definition) is 1. The molecule has 9 nitrogen and oxygen atoms in total. The molecule has 2 aromatic carbocycles. The van der Waals surface area contributed by atoms with E-state index in [1.807, 2.05) is 36.9 Å². The van der Waals surface area contributed by atoms with Crippen molar-refractivity contribution in [3.05, 3.63) is 64.4 Å². The number of carbonyl (C=O) groups excluding carboxylic acids is 1. The summed E-state index contributed by atoms with van der Waals surface area (Å²) < 4.78 is 40.7. The van der Waals surface area contributed by atoms with Crippen LogP contribution in [0.2, 0.25) is 5.02 Å². The molecule has 1 aromatic heterocycles. The molecule has 1 aliphatic carbocycles. The first-order chi connectivity index (χ1) is 20.5. The Morgan fingerprint density at radius 1 is 1.14 bits per heavy atom. The molecular weight excluding hydrogens is 588 g/mol. The van der Waals surface area contributed by atoms with Gasteiger partial charge in [0, 0.05) is 12.0 Å². The van der Waals surface area contributed by atoms with Crippen molar-refractivity contribution in [2.45, 2.75) is 102 Å². The van der Waals surface area contributed by atoms with Gasteiger partial charge in [0.25, 0.3) is 15.9 Å². The van der Waals surface area contributed by atoms with Gasteiger partial charge in [-0.05, 0) is 62.8 Å². The highest BCUT2D eigenvalue weighted by Gasteiger charge is 2.49. The molecule has 1 aliphatic heterocycles. The van der Waals surface area contributed by atoms with E-state index in [4.69, 9.17) is 25.9 Å². The van der Waals surface area contributed by atoms with E-state index in [-0.39, 0.29) is 34.4 Å². The molecule has 1 saturated carbocycles. The Bertz CT molecular complexity index is 1630. The maximum absolute atomic E-state index is 13.7. The summed E-state index contributed by atoms with van der Waals surface area (Å²) in [7, 11) is -4.08. The van der Waals surface area contributed by atoms with Gasteiger partial charge in [0.2, 0.25) is 5.82 Å². The number of nitrogens with one attached hydrogen (secondary N) is 1. The Labute approximate surface area is 258 Å². The van der Waals surface area contributed by atoms with Crippen LogP contribution in [0.25, 0.3) is 11.1 Å². The second-order valence-electron chi connectivity index (χ2n) is 11.6. The Morgan fingerprint density at radius 3 is 2.56 bits per heavy atom. The molecule has 3 aromatic rings. The minimum Gasteiger partial charge on any atom is -0.374 e. The molecule has 0 saturated heterocycles. The van der Waals surface area contributed by atoms with E-state index in [1.165, 1.54) is 0 Å². The molecule has 5 rings (SSSR count). The number of aryl methyl sites for hydroxylation is 1. The van der Waals surface area contributed by atoms with Crippen LogP contribution in [0.1, 0.15) is 82.6 Å². The van der Waals surface area contributed by atoms with Gasteiger partial charge in [0.1, 0.15) is 16.4 Å². The molecule has 1 N–H and O–H groups in total. The van der Waals surface area contributed by atoms with Crippen molar-refractivity contribution in [1.29, 1.82) is 0 Å². The van der Waals surface area contributed by atoms with Crippen LogP contribution in [0.3, 0.4) is 0 Å². The number of amidine groups is 1. The van der Waals surface area contributed by atoms with Gasteiger partial charge in [0.15, 0.2) is 5.76 Å². The van der Waals surface area contributed by atoms with Crippen LogP contribution < -0.4 is 4.72 Å².